The maximum absolute atomic E-state index is 11.7. The van der Waals surface area contributed by atoms with E-state index in [-0.39, 0.29) is 0 Å². The van der Waals surface area contributed by atoms with Gasteiger partial charge in [0.05, 0.1) is 5.69 Å². The minimum atomic E-state index is -1.13. The summed E-state index contributed by atoms with van der Waals surface area (Å²) in [7, 11) is 0. The monoisotopic (exact) mass is 336 g/mol. The van der Waals surface area contributed by atoms with Crippen molar-refractivity contribution >= 4 is 28.3 Å². The highest BCUT2D eigenvalue weighted by Crippen LogP contribution is 2.27. The van der Waals surface area contributed by atoms with Gasteiger partial charge in [0, 0.05) is 17.0 Å². The molecule has 0 spiro atoms. The van der Waals surface area contributed by atoms with Crippen molar-refractivity contribution in [3.05, 3.63) is 22.7 Å². The third-order valence-electron chi connectivity index (χ3n) is 3.95. The van der Waals surface area contributed by atoms with Gasteiger partial charge < -0.3 is 5.11 Å². The molecule has 5 nitrogen and oxygen atoms in total. The second kappa shape index (κ2) is 9.45. The van der Waals surface area contributed by atoms with Crippen molar-refractivity contribution in [1.82, 2.24) is 4.98 Å². The van der Waals surface area contributed by atoms with Gasteiger partial charge in [-0.05, 0) is 25.7 Å². The number of carbonyl (C=O) groups is 2. The Morgan fingerprint density at radius 1 is 0.957 bits per heavy atom. The fourth-order valence-corrected chi connectivity index (χ4v) is 3.81. The molecule has 0 aromatic carbocycles. The molecule has 6 heteroatoms. The van der Waals surface area contributed by atoms with Crippen LogP contribution < -0.4 is 5.32 Å². The van der Waals surface area contributed by atoms with Crippen molar-refractivity contribution in [2.45, 2.75) is 64.2 Å². The zero-order chi connectivity index (χ0) is 16.5. The minimum Gasteiger partial charge on any atom is -0.478 e. The molecule has 0 bridgehead atoms. The largest absolute Gasteiger partial charge is 0.478 e. The predicted octanol–water partition coefficient (Wildman–Crippen LogP) is 3.94. The van der Waals surface area contributed by atoms with Crippen LogP contribution in [0.5, 0.6) is 0 Å². The van der Waals surface area contributed by atoms with Crippen LogP contribution in [-0.2, 0) is 22.4 Å². The van der Waals surface area contributed by atoms with E-state index in [0.29, 0.717) is 5.13 Å². The second-order valence-electron chi connectivity index (χ2n) is 5.88. The Balaban J connectivity index is 2.01. The number of anilines is 1. The van der Waals surface area contributed by atoms with E-state index in [2.05, 4.69) is 10.3 Å². The van der Waals surface area contributed by atoms with Crippen LogP contribution in [0.1, 0.15) is 61.9 Å². The van der Waals surface area contributed by atoms with Gasteiger partial charge in [0.15, 0.2) is 5.13 Å². The number of rotatable bonds is 3. The van der Waals surface area contributed by atoms with Gasteiger partial charge in [-0.2, -0.15) is 0 Å². The van der Waals surface area contributed by atoms with Gasteiger partial charge in [0.1, 0.15) is 0 Å². The summed E-state index contributed by atoms with van der Waals surface area (Å²) in [6.45, 7) is 0. The molecule has 23 heavy (non-hydrogen) atoms. The molecule has 1 aromatic heterocycles. The van der Waals surface area contributed by atoms with E-state index < -0.39 is 11.9 Å². The number of nitrogens with one attached hydrogen (secondary N) is 1. The third kappa shape index (κ3) is 6.52. The van der Waals surface area contributed by atoms with Crippen LogP contribution in [0.3, 0.4) is 0 Å². The molecule has 1 aliphatic carbocycles. The van der Waals surface area contributed by atoms with E-state index in [4.69, 9.17) is 5.11 Å². The number of aromatic nitrogens is 1. The molecule has 0 saturated heterocycles. The summed E-state index contributed by atoms with van der Waals surface area (Å²) in [4.78, 5) is 27.9. The lowest BCUT2D eigenvalue weighted by Crippen LogP contribution is -2.08. The molecule has 0 saturated carbocycles. The molecule has 1 aliphatic rings. The van der Waals surface area contributed by atoms with Crippen LogP contribution >= 0.6 is 11.3 Å². The zero-order valence-corrected chi connectivity index (χ0v) is 14.2. The topological polar surface area (TPSA) is 79.3 Å². The maximum atomic E-state index is 11.7. The molecule has 1 heterocycles. The number of nitrogens with zero attached hydrogens (tertiary/aromatic N) is 1. The Morgan fingerprint density at radius 2 is 1.57 bits per heavy atom. The molecule has 0 radical (unpaired) electrons. The number of hydrogen-bond donors (Lipinski definition) is 2. The zero-order valence-electron chi connectivity index (χ0n) is 13.3. The molecule has 126 valence electrons. The van der Waals surface area contributed by atoms with E-state index in [1.807, 2.05) is 0 Å². The molecule has 2 rings (SSSR count). The number of thiazole rings is 1. The highest BCUT2D eigenvalue weighted by atomic mass is 32.1. The molecule has 1 aromatic rings. The van der Waals surface area contributed by atoms with Gasteiger partial charge in [-0.1, -0.05) is 38.5 Å². The Morgan fingerprint density at radius 3 is 2.22 bits per heavy atom. The number of hydrogen-bond acceptors (Lipinski definition) is 4. The summed E-state index contributed by atoms with van der Waals surface area (Å²) >= 11 is 1.52. The summed E-state index contributed by atoms with van der Waals surface area (Å²) < 4.78 is 0. The van der Waals surface area contributed by atoms with E-state index in [1.54, 1.807) is 0 Å². The Kier molecular flexibility index (Phi) is 7.26. The highest BCUT2D eigenvalue weighted by Gasteiger charge is 2.13. The summed E-state index contributed by atoms with van der Waals surface area (Å²) in [5, 5.41) is 11.8. The van der Waals surface area contributed by atoms with Gasteiger partial charge in [0.2, 0.25) is 5.91 Å². The number of aliphatic carboxylic acids is 1. The quantitative estimate of drug-likeness (QED) is 0.819. The van der Waals surface area contributed by atoms with Crippen molar-refractivity contribution < 1.29 is 14.7 Å². The second-order valence-corrected chi connectivity index (χ2v) is 6.96. The van der Waals surface area contributed by atoms with Gasteiger partial charge >= 0.3 is 5.97 Å². The number of carboxylic acid groups (broad SMARTS) is 1. The van der Waals surface area contributed by atoms with Crippen LogP contribution in [0.25, 0.3) is 0 Å². The fourth-order valence-electron chi connectivity index (χ4n) is 2.76. The molecule has 2 N–H and O–H groups in total. The molecule has 0 unspecified atom stereocenters. The molecule has 0 fully saturated rings. The highest BCUT2D eigenvalue weighted by molar-refractivity contribution is 7.15. The van der Waals surface area contributed by atoms with Crippen molar-refractivity contribution in [2.24, 2.45) is 0 Å². The van der Waals surface area contributed by atoms with Crippen LogP contribution in [-0.4, -0.2) is 22.0 Å². The van der Waals surface area contributed by atoms with E-state index >= 15 is 0 Å². The molecular weight excluding hydrogens is 312 g/mol. The van der Waals surface area contributed by atoms with Crippen molar-refractivity contribution in [2.75, 3.05) is 5.32 Å². The summed E-state index contributed by atoms with van der Waals surface area (Å²) in [6, 6.07) is 0. The normalized spacial score (nSPS) is 17.0. The number of amides is 1. The first kappa shape index (κ1) is 17.7. The van der Waals surface area contributed by atoms with Gasteiger partial charge in [0.25, 0.3) is 0 Å². The lowest BCUT2D eigenvalue weighted by Gasteiger charge is -2.06. The van der Waals surface area contributed by atoms with Crippen LogP contribution in [0.2, 0.25) is 0 Å². The standard InChI is InChI=1S/C17H24N2O3S/c20-15(11-12-16(21)22)19-17-18-13-9-7-5-3-1-2-4-6-8-10-14(13)23-17/h11-12H,1-10H2,(H,21,22)(H,18,19,20). The molecule has 0 atom stereocenters. The summed E-state index contributed by atoms with van der Waals surface area (Å²) in [5.41, 5.74) is 1.10. The first-order valence-corrected chi connectivity index (χ1v) is 9.17. The lowest BCUT2D eigenvalue weighted by atomic mass is 10.0. The van der Waals surface area contributed by atoms with Crippen LogP contribution in [0, 0.1) is 0 Å². The summed E-state index contributed by atoms with van der Waals surface area (Å²) in [6.07, 6.45) is 13.9. The molecule has 1 amide bonds. The van der Waals surface area contributed by atoms with Crippen molar-refractivity contribution in [3.63, 3.8) is 0 Å². The van der Waals surface area contributed by atoms with E-state index in [0.717, 1.165) is 37.1 Å². The average Bonchev–Trinajstić information content (AvgIpc) is 2.87. The van der Waals surface area contributed by atoms with Crippen molar-refractivity contribution in [1.29, 1.82) is 0 Å². The van der Waals surface area contributed by atoms with E-state index in [9.17, 15) is 9.59 Å². The van der Waals surface area contributed by atoms with Gasteiger partial charge in [-0.15, -0.1) is 11.3 Å². The maximum Gasteiger partial charge on any atom is 0.328 e. The number of carbonyl (C=O) groups excluding carboxylic acids is 1. The number of fused-ring (bicyclic) bond motifs is 1. The van der Waals surface area contributed by atoms with Gasteiger partial charge in [-0.3, -0.25) is 10.1 Å². The Hall–Kier alpha value is -1.69. The summed E-state index contributed by atoms with van der Waals surface area (Å²) in [5.74, 6) is -1.58. The number of carboxylic acids is 1. The van der Waals surface area contributed by atoms with Gasteiger partial charge in [-0.25, -0.2) is 9.78 Å². The lowest BCUT2D eigenvalue weighted by molar-refractivity contribution is -0.131. The Labute approximate surface area is 140 Å². The van der Waals surface area contributed by atoms with Crippen LogP contribution in [0.15, 0.2) is 12.2 Å². The van der Waals surface area contributed by atoms with Crippen LogP contribution in [0.4, 0.5) is 5.13 Å². The molecular formula is C17H24N2O3S. The first-order valence-electron chi connectivity index (χ1n) is 8.36. The number of aryl methyl sites for hydroxylation is 2. The fraction of sp³-hybridized carbons (Fsp3) is 0.588. The first-order chi connectivity index (χ1) is 11.1. The minimum absolute atomic E-state index is 0.447. The van der Waals surface area contributed by atoms with Crippen molar-refractivity contribution in [3.8, 4) is 0 Å². The predicted molar refractivity (Wildman–Crippen MR) is 91.9 cm³/mol. The molecule has 0 aliphatic heterocycles. The smallest absolute Gasteiger partial charge is 0.328 e. The average molecular weight is 336 g/mol. The van der Waals surface area contributed by atoms with E-state index in [1.165, 1.54) is 61.2 Å². The SMILES string of the molecule is O=C(O)C=CC(=O)Nc1nc2c(s1)CCCCCCCCCC2. The third-order valence-corrected chi connectivity index (χ3v) is 5.03. The Bertz CT molecular complexity index is 537.